The Bertz CT molecular complexity index is 1300. The predicted molar refractivity (Wildman–Crippen MR) is 131 cm³/mol. The number of anilines is 2. The van der Waals surface area contributed by atoms with Crippen molar-refractivity contribution in [2.75, 3.05) is 10.6 Å². The van der Waals surface area contributed by atoms with Crippen molar-refractivity contribution < 1.29 is 19.5 Å². The van der Waals surface area contributed by atoms with Crippen LogP contribution in [-0.2, 0) is 0 Å². The highest BCUT2D eigenvalue weighted by Crippen LogP contribution is 2.26. The zero-order valence-corrected chi connectivity index (χ0v) is 18.1. The van der Waals surface area contributed by atoms with Crippen LogP contribution in [0.5, 0.6) is 0 Å². The number of nitrogens with one attached hydrogen (secondary N) is 2. The van der Waals surface area contributed by atoms with Crippen LogP contribution in [-0.4, -0.2) is 22.7 Å². The van der Waals surface area contributed by atoms with Gasteiger partial charge in [-0.3, -0.25) is 14.4 Å². The Morgan fingerprint density at radius 1 is 0.559 bits per heavy atom. The lowest BCUT2D eigenvalue weighted by Gasteiger charge is -2.16. The Kier molecular flexibility index (Phi) is 6.91. The number of Topliss-reactive ketones (excluding diaryl/α,β-unsaturated/α-hetero) is 1. The number of rotatable bonds is 7. The van der Waals surface area contributed by atoms with Crippen molar-refractivity contribution in [3.05, 3.63) is 131 Å². The molecule has 6 nitrogen and oxygen atoms in total. The molecule has 0 aromatic heterocycles. The maximum absolute atomic E-state index is 12.8. The zero-order chi connectivity index (χ0) is 23.9. The van der Waals surface area contributed by atoms with E-state index < -0.39 is 17.8 Å². The summed E-state index contributed by atoms with van der Waals surface area (Å²) in [6.45, 7) is 0. The average Bonchev–Trinajstić information content (AvgIpc) is 2.89. The fourth-order valence-corrected chi connectivity index (χ4v) is 3.44. The molecule has 0 spiro atoms. The van der Waals surface area contributed by atoms with Crippen LogP contribution in [0.25, 0.3) is 0 Å². The minimum absolute atomic E-state index is 0.246. The third-order valence-electron chi connectivity index (χ3n) is 5.25. The maximum atomic E-state index is 12.8. The first-order chi connectivity index (χ1) is 16.5. The number of amides is 2. The van der Waals surface area contributed by atoms with Crippen molar-refractivity contribution in [3.63, 3.8) is 0 Å². The number of para-hydroxylation sites is 1. The molecule has 1 atom stereocenters. The summed E-state index contributed by atoms with van der Waals surface area (Å²) in [5.41, 5.74) is 2.46. The van der Waals surface area contributed by atoms with Gasteiger partial charge in [0.05, 0.1) is 0 Å². The molecule has 4 aromatic carbocycles. The number of benzene rings is 4. The van der Waals surface area contributed by atoms with Crippen molar-refractivity contribution in [1.82, 2.24) is 0 Å². The molecule has 4 aromatic rings. The minimum atomic E-state index is -1.42. The summed E-state index contributed by atoms with van der Waals surface area (Å²) in [6, 6.07) is 30.4. The standard InChI is InChI=1S/C28H22N2O4/c31-25(19-9-3-1-4-10-19)26(32)23-13-7-8-14-24(23)30-28(34)21-15-17-22(18-16-21)29-27(33)20-11-5-2-6-12-20/h1-18,26,32H,(H,29,33)(H,30,34). The van der Waals surface area contributed by atoms with Gasteiger partial charge in [0.1, 0.15) is 6.10 Å². The second-order valence-corrected chi connectivity index (χ2v) is 7.57. The quantitative estimate of drug-likeness (QED) is 0.341. The zero-order valence-electron chi connectivity index (χ0n) is 18.1. The van der Waals surface area contributed by atoms with E-state index in [0.717, 1.165) is 0 Å². The first-order valence-electron chi connectivity index (χ1n) is 10.7. The molecule has 0 aliphatic carbocycles. The number of ketones is 1. The summed E-state index contributed by atoms with van der Waals surface area (Å²) < 4.78 is 0. The Labute approximate surface area is 196 Å². The van der Waals surface area contributed by atoms with E-state index in [1.54, 1.807) is 103 Å². The molecule has 0 bridgehead atoms. The molecule has 0 saturated carbocycles. The lowest BCUT2D eigenvalue weighted by molar-refractivity contribution is 0.0747. The molecule has 168 valence electrons. The van der Waals surface area contributed by atoms with Crippen molar-refractivity contribution >= 4 is 29.0 Å². The minimum Gasteiger partial charge on any atom is -0.380 e. The second kappa shape index (κ2) is 10.4. The monoisotopic (exact) mass is 450 g/mol. The smallest absolute Gasteiger partial charge is 0.255 e. The van der Waals surface area contributed by atoms with Crippen LogP contribution in [0.3, 0.4) is 0 Å². The van der Waals surface area contributed by atoms with Crippen molar-refractivity contribution in [2.45, 2.75) is 6.10 Å². The van der Waals surface area contributed by atoms with Gasteiger partial charge < -0.3 is 15.7 Å². The number of carbonyl (C=O) groups is 3. The summed E-state index contributed by atoms with van der Waals surface area (Å²) in [6.07, 6.45) is -1.42. The van der Waals surface area contributed by atoms with Gasteiger partial charge in [0.15, 0.2) is 5.78 Å². The number of aliphatic hydroxyl groups is 1. The second-order valence-electron chi connectivity index (χ2n) is 7.57. The van der Waals surface area contributed by atoms with Crippen LogP contribution < -0.4 is 10.6 Å². The van der Waals surface area contributed by atoms with E-state index in [4.69, 9.17) is 0 Å². The molecule has 2 amide bonds. The topological polar surface area (TPSA) is 95.5 Å². The molecule has 0 heterocycles. The van der Waals surface area contributed by atoms with Gasteiger partial charge in [0, 0.05) is 33.6 Å². The van der Waals surface area contributed by atoms with E-state index in [1.807, 2.05) is 6.07 Å². The molecule has 0 fully saturated rings. The first-order valence-corrected chi connectivity index (χ1v) is 10.7. The van der Waals surface area contributed by atoms with Gasteiger partial charge in [-0.2, -0.15) is 0 Å². The summed E-state index contributed by atoms with van der Waals surface area (Å²) in [7, 11) is 0. The Morgan fingerprint density at radius 2 is 1.06 bits per heavy atom. The van der Waals surface area contributed by atoms with Gasteiger partial charge in [-0.15, -0.1) is 0 Å². The maximum Gasteiger partial charge on any atom is 0.255 e. The Hall–Kier alpha value is -4.55. The summed E-state index contributed by atoms with van der Waals surface area (Å²) >= 11 is 0. The van der Waals surface area contributed by atoms with E-state index >= 15 is 0 Å². The van der Waals surface area contributed by atoms with E-state index in [1.165, 1.54) is 0 Å². The van der Waals surface area contributed by atoms with E-state index in [9.17, 15) is 19.5 Å². The molecule has 0 aliphatic rings. The number of aliphatic hydroxyl groups excluding tert-OH is 1. The molecule has 3 N–H and O–H groups in total. The average molecular weight is 450 g/mol. The van der Waals surface area contributed by atoms with Gasteiger partial charge in [-0.1, -0.05) is 66.7 Å². The molecule has 0 aliphatic heterocycles. The van der Waals surface area contributed by atoms with E-state index in [0.29, 0.717) is 33.6 Å². The van der Waals surface area contributed by atoms with Crippen LogP contribution in [0.4, 0.5) is 11.4 Å². The summed E-state index contributed by atoms with van der Waals surface area (Å²) in [5.74, 6) is -1.11. The SMILES string of the molecule is O=C(Nc1ccc(C(=O)Nc2ccccc2C(O)C(=O)c2ccccc2)cc1)c1ccccc1. The fourth-order valence-electron chi connectivity index (χ4n) is 3.44. The van der Waals surface area contributed by atoms with Gasteiger partial charge in [0.25, 0.3) is 11.8 Å². The summed E-state index contributed by atoms with van der Waals surface area (Å²) in [4.78, 5) is 37.8. The van der Waals surface area contributed by atoms with E-state index in [-0.39, 0.29) is 5.91 Å². The Balaban J connectivity index is 1.46. The molecular formula is C28H22N2O4. The molecule has 34 heavy (non-hydrogen) atoms. The normalized spacial score (nSPS) is 11.3. The lowest BCUT2D eigenvalue weighted by Crippen LogP contribution is -2.18. The predicted octanol–water partition coefficient (Wildman–Crippen LogP) is 5.11. The lowest BCUT2D eigenvalue weighted by atomic mass is 9.98. The molecule has 1 unspecified atom stereocenters. The van der Waals surface area contributed by atoms with Crippen LogP contribution in [0.15, 0.2) is 109 Å². The van der Waals surface area contributed by atoms with Gasteiger partial charge >= 0.3 is 0 Å². The van der Waals surface area contributed by atoms with E-state index in [2.05, 4.69) is 10.6 Å². The fraction of sp³-hybridized carbons (Fsp3) is 0.0357. The van der Waals surface area contributed by atoms with Crippen molar-refractivity contribution in [2.24, 2.45) is 0 Å². The molecule has 0 radical (unpaired) electrons. The van der Waals surface area contributed by atoms with Crippen LogP contribution in [0.1, 0.15) is 42.7 Å². The highest BCUT2D eigenvalue weighted by molar-refractivity contribution is 6.07. The Morgan fingerprint density at radius 3 is 1.71 bits per heavy atom. The third-order valence-corrected chi connectivity index (χ3v) is 5.25. The highest BCUT2D eigenvalue weighted by Gasteiger charge is 2.22. The van der Waals surface area contributed by atoms with Crippen LogP contribution in [0.2, 0.25) is 0 Å². The first kappa shape index (κ1) is 22.6. The molecule has 6 heteroatoms. The van der Waals surface area contributed by atoms with Crippen LogP contribution in [0, 0.1) is 0 Å². The number of hydrogen-bond donors (Lipinski definition) is 3. The summed E-state index contributed by atoms with van der Waals surface area (Å²) in [5, 5.41) is 16.2. The van der Waals surface area contributed by atoms with Gasteiger partial charge in [-0.25, -0.2) is 0 Å². The molecule has 0 saturated heterocycles. The van der Waals surface area contributed by atoms with Gasteiger partial charge in [-0.05, 0) is 42.5 Å². The molecule has 4 rings (SSSR count). The largest absolute Gasteiger partial charge is 0.380 e. The van der Waals surface area contributed by atoms with Gasteiger partial charge in [0.2, 0.25) is 0 Å². The molecular weight excluding hydrogens is 428 g/mol. The van der Waals surface area contributed by atoms with Crippen molar-refractivity contribution in [1.29, 1.82) is 0 Å². The highest BCUT2D eigenvalue weighted by atomic mass is 16.3. The third kappa shape index (κ3) is 5.26. The van der Waals surface area contributed by atoms with Crippen LogP contribution >= 0.6 is 0 Å². The van der Waals surface area contributed by atoms with Crippen molar-refractivity contribution in [3.8, 4) is 0 Å². The number of carbonyl (C=O) groups excluding carboxylic acids is 3. The number of hydrogen-bond acceptors (Lipinski definition) is 4.